The third-order valence-electron chi connectivity index (χ3n) is 4.97. The molecule has 0 bridgehead atoms. The minimum atomic E-state index is -0.625. The van der Waals surface area contributed by atoms with Crippen LogP contribution in [0.15, 0.2) is 92.3 Å². The lowest BCUT2D eigenvalue weighted by atomic mass is 10.3. The van der Waals surface area contributed by atoms with Crippen molar-refractivity contribution in [2.75, 3.05) is 14.2 Å². The number of hydrogen-bond acceptors (Lipinski definition) is 7. The molecule has 172 valence electrons. The molecular weight excluding hydrogens is 520 g/mol. The van der Waals surface area contributed by atoms with Gasteiger partial charge in [0.1, 0.15) is 17.2 Å². The van der Waals surface area contributed by atoms with E-state index in [2.05, 4.69) is 26.2 Å². The number of aromatic nitrogens is 2. The number of methoxy groups -OCH3 is 2. The summed E-state index contributed by atoms with van der Waals surface area (Å²) >= 11 is 9.03. The predicted molar refractivity (Wildman–Crippen MR) is 135 cm³/mol. The van der Waals surface area contributed by atoms with Crippen LogP contribution in [0.1, 0.15) is 0 Å². The largest absolute Gasteiger partial charge is 0.497 e. The number of rotatable bonds is 6. The normalized spacial score (nSPS) is 11.0. The number of azo groups is 1. The zero-order valence-corrected chi connectivity index (χ0v) is 20.6. The van der Waals surface area contributed by atoms with E-state index in [0.29, 0.717) is 28.6 Å². The zero-order chi connectivity index (χ0) is 24.2. The fraction of sp³-hybridized carbons (Fsp3) is 0.0833. The summed E-state index contributed by atoms with van der Waals surface area (Å²) in [5, 5.41) is 19.4. The SMILES string of the molecule is COc1ccc(-n2c(=O)c(N=Nc3ccccc3OC)c(O)n(-c3ccc(Br)cc3)c2=S)cc1. The summed E-state index contributed by atoms with van der Waals surface area (Å²) in [7, 11) is 3.06. The molecule has 0 aliphatic rings. The van der Waals surface area contributed by atoms with Crippen molar-refractivity contribution < 1.29 is 14.6 Å². The van der Waals surface area contributed by atoms with Crippen molar-refractivity contribution in [3.63, 3.8) is 0 Å². The summed E-state index contributed by atoms with van der Waals surface area (Å²) in [4.78, 5) is 13.5. The molecule has 0 atom stereocenters. The van der Waals surface area contributed by atoms with E-state index in [1.165, 1.54) is 16.2 Å². The maximum atomic E-state index is 13.5. The van der Waals surface area contributed by atoms with Gasteiger partial charge in [-0.3, -0.25) is 13.9 Å². The van der Waals surface area contributed by atoms with E-state index in [4.69, 9.17) is 21.7 Å². The Hall–Kier alpha value is -3.76. The molecule has 0 fully saturated rings. The molecule has 10 heteroatoms. The zero-order valence-electron chi connectivity index (χ0n) is 18.2. The van der Waals surface area contributed by atoms with Crippen molar-refractivity contribution in [1.82, 2.24) is 9.13 Å². The number of aromatic hydroxyl groups is 1. The summed E-state index contributed by atoms with van der Waals surface area (Å²) in [5.74, 6) is 0.668. The Labute approximate surface area is 208 Å². The van der Waals surface area contributed by atoms with Gasteiger partial charge in [-0.2, -0.15) is 0 Å². The third-order valence-corrected chi connectivity index (χ3v) is 5.86. The predicted octanol–water partition coefficient (Wildman–Crippen LogP) is 6.26. The average Bonchev–Trinajstić information content (AvgIpc) is 2.85. The lowest BCUT2D eigenvalue weighted by Gasteiger charge is -2.16. The fourth-order valence-electron chi connectivity index (χ4n) is 3.27. The molecule has 34 heavy (non-hydrogen) atoms. The highest BCUT2D eigenvalue weighted by molar-refractivity contribution is 9.10. The molecule has 4 rings (SSSR count). The minimum absolute atomic E-state index is 0.0613. The molecule has 0 radical (unpaired) electrons. The average molecular weight is 539 g/mol. The van der Waals surface area contributed by atoms with Gasteiger partial charge in [0, 0.05) is 4.47 Å². The summed E-state index contributed by atoms with van der Waals surface area (Å²) in [6, 6.07) is 20.9. The monoisotopic (exact) mass is 538 g/mol. The number of para-hydroxylation sites is 1. The van der Waals surface area contributed by atoms with Gasteiger partial charge < -0.3 is 14.6 Å². The first-order valence-electron chi connectivity index (χ1n) is 10.0. The van der Waals surface area contributed by atoms with Gasteiger partial charge in [0.15, 0.2) is 4.77 Å². The minimum Gasteiger partial charge on any atom is -0.497 e. The number of nitrogens with zero attached hydrogens (tertiary/aromatic N) is 4. The molecular formula is C24H19BrN4O4S. The van der Waals surface area contributed by atoms with Crippen molar-refractivity contribution in [2.24, 2.45) is 10.2 Å². The van der Waals surface area contributed by atoms with Gasteiger partial charge in [-0.1, -0.05) is 28.1 Å². The van der Waals surface area contributed by atoms with Crippen LogP contribution in [0.25, 0.3) is 11.4 Å². The van der Waals surface area contributed by atoms with E-state index in [0.717, 1.165) is 4.47 Å². The van der Waals surface area contributed by atoms with E-state index < -0.39 is 11.4 Å². The van der Waals surface area contributed by atoms with Crippen molar-refractivity contribution in [3.05, 3.63) is 92.4 Å². The highest BCUT2D eigenvalue weighted by Gasteiger charge is 2.19. The number of benzene rings is 3. The summed E-state index contributed by atoms with van der Waals surface area (Å²) in [6.07, 6.45) is 0. The lowest BCUT2D eigenvalue weighted by Crippen LogP contribution is -2.23. The van der Waals surface area contributed by atoms with E-state index in [1.807, 2.05) is 0 Å². The van der Waals surface area contributed by atoms with E-state index >= 15 is 0 Å². The molecule has 1 aromatic heterocycles. The highest BCUT2D eigenvalue weighted by Crippen LogP contribution is 2.32. The topological polar surface area (TPSA) is 90.3 Å². The van der Waals surface area contributed by atoms with Gasteiger partial charge in [0.25, 0.3) is 5.56 Å². The molecule has 0 spiro atoms. The maximum Gasteiger partial charge on any atom is 0.290 e. The van der Waals surface area contributed by atoms with Crippen LogP contribution in [0.2, 0.25) is 0 Å². The molecule has 1 heterocycles. The second-order valence-corrected chi connectivity index (χ2v) is 8.26. The Morgan fingerprint density at radius 2 is 1.47 bits per heavy atom. The molecule has 0 saturated heterocycles. The van der Waals surface area contributed by atoms with Crippen LogP contribution < -0.4 is 15.0 Å². The van der Waals surface area contributed by atoms with Crippen molar-refractivity contribution >= 4 is 39.5 Å². The van der Waals surface area contributed by atoms with Gasteiger partial charge in [0.05, 0.1) is 25.6 Å². The summed E-state index contributed by atoms with van der Waals surface area (Å²) < 4.78 is 14.1. The maximum absolute atomic E-state index is 13.5. The Morgan fingerprint density at radius 1 is 0.853 bits per heavy atom. The highest BCUT2D eigenvalue weighted by atomic mass is 79.9. The summed E-state index contributed by atoms with van der Waals surface area (Å²) in [5.41, 5.74) is 0.521. The van der Waals surface area contributed by atoms with Crippen molar-refractivity contribution in [2.45, 2.75) is 0 Å². The molecule has 3 aromatic carbocycles. The van der Waals surface area contributed by atoms with E-state index in [9.17, 15) is 9.90 Å². The molecule has 0 unspecified atom stereocenters. The quantitative estimate of drug-likeness (QED) is 0.231. The molecule has 0 aliphatic heterocycles. The number of ether oxygens (including phenoxy) is 2. The smallest absolute Gasteiger partial charge is 0.290 e. The van der Waals surface area contributed by atoms with Crippen LogP contribution >= 0.6 is 28.1 Å². The van der Waals surface area contributed by atoms with Crippen LogP contribution in [0.5, 0.6) is 17.4 Å². The van der Waals surface area contributed by atoms with Gasteiger partial charge in [-0.25, -0.2) is 0 Å². The third kappa shape index (κ3) is 4.50. The molecule has 4 aromatic rings. The standard InChI is InChI=1S/C24H19BrN4O4S/c1-32-18-13-11-17(12-14-18)29-23(31)21(27-26-19-5-3-4-6-20(19)33-2)22(30)28(24(29)34)16-9-7-15(25)8-10-16/h3-14,30H,1-2H3. The van der Waals surface area contributed by atoms with Crippen molar-refractivity contribution in [1.29, 1.82) is 0 Å². The fourth-order valence-corrected chi connectivity index (χ4v) is 3.92. The lowest BCUT2D eigenvalue weighted by molar-refractivity contribution is 0.414. The van der Waals surface area contributed by atoms with E-state index in [1.54, 1.807) is 79.9 Å². The molecule has 1 N–H and O–H groups in total. The first-order chi connectivity index (χ1) is 16.4. The van der Waals surface area contributed by atoms with Crippen LogP contribution in [-0.2, 0) is 0 Å². The Kier molecular flexibility index (Phi) is 6.90. The molecule has 8 nitrogen and oxygen atoms in total. The second kappa shape index (κ2) is 10.0. The number of hydrogen-bond donors (Lipinski definition) is 1. The first kappa shape index (κ1) is 23.4. The molecule has 0 saturated carbocycles. The van der Waals surface area contributed by atoms with Gasteiger partial charge >= 0.3 is 0 Å². The van der Waals surface area contributed by atoms with Crippen molar-refractivity contribution in [3.8, 4) is 28.8 Å². The Bertz CT molecular complexity index is 1480. The van der Waals surface area contributed by atoms with Gasteiger partial charge in [-0.05, 0) is 72.9 Å². The second-order valence-electron chi connectivity index (χ2n) is 6.98. The Morgan fingerprint density at radius 3 is 2.12 bits per heavy atom. The van der Waals surface area contributed by atoms with Crippen LogP contribution in [0, 0.1) is 4.77 Å². The first-order valence-corrected chi connectivity index (χ1v) is 11.2. The molecule has 0 aliphatic carbocycles. The summed E-state index contributed by atoms with van der Waals surface area (Å²) in [6.45, 7) is 0. The molecule has 0 amide bonds. The van der Waals surface area contributed by atoms with Crippen LogP contribution in [-0.4, -0.2) is 28.5 Å². The van der Waals surface area contributed by atoms with Gasteiger partial charge in [-0.15, -0.1) is 10.2 Å². The van der Waals surface area contributed by atoms with E-state index in [-0.39, 0.29) is 10.5 Å². The van der Waals surface area contributed by atoms with Gasteiger partial charge in [0.2, 0.25) is 11.6 Å². The Balaban J connectivity index is 1.99. The number of halogens is 1. The van der Waals surface area contributed by atoms with Crippen LogP contribution in [0.3, 0.4) is 0 Å². The van der Waals surface area contributed by atoms with Crippen LogP contribution in [0.4, 0.5) is 11.4 Å².